The third-order valence-electron chi connectivity index (χ3n) is 13.7. The Morgan fingerprint density at radius 3 is 2.35 bits per heavy atom. The number of carbonyl (C=O) groups is 1. The molecule has 51 heavy (non-hydrogen) atoms. The number of hydrogen-bond donors (Lipinski definition) is 1. The predicted octanol–water partition coefficient (Wildman–Crippen LogP) is 12.0. The zero-order valence-corrected chi connectivity index (χ0v) is 35.1. The highest BCUT2D eigenvalue weighted by Gasteiger charge is 2.59. The second-order valence-electron chi connectivity index (χ2n) is 18.3. The molecule has 4 aliphatic rings. The average molecular weight is 730 g/mol. The smallest absolute Gasteiger partial charge is 0.407 e. The third-order valence-corrected chi connectivity index (χ3v) is 15.8. The average Bonchev–Trinajstić information content (AvgIpc) is 3.43. The molecular weight excluding hydrogens is 653 g/mol. The van der Waals surface area contributed by atoms with Gasteiger partial charge in [0.05, 0.1) is 25.7 Å². The van der Waals surface area contributed by atoms with Gasteiger partial charge in [-0.1, -0.05) is 78.4 Å². The molecule has 0 saturated heterocycles. The van der Waals surface area contributed by atoms with E-state index in [9.17, 15) is 4.79 Å². The van der Waals surface area contributed by atoms with Crippen molar-refractivity contribution in [2.45, 2.75) is 183 Å². The lowest BCUT2D eigenvalue weighted by Crippen LogP contribution is -2.51. The predicted molar refractivity (Wildman–Crippen MR) is 211 cm³/mol. The van der Waals surface area contributed by atoms with Gasteiger partial charge in [0, 0.05) is 25.0 Å². The molecule has 0 radical (unpaired) electrons. The number of alkyl carbamates (subject to hydrolysis) is 1. The quantitative estimate of drug-likeness (QED) is 0.0763. The molecule has 3 saturated carbocycles. The van der Waals surface area contributed by atoms with E-state index in [2.05, 4.69) is 84.4 Å². The molecule has 0 aliphatic heterocycles. The molecule has 3 fully saturated rings. The van der Waals surface area contributed by atoms with Crippen molar-refractivity contribution in [2.75, 3.05) is 19.8 Å². The molecule has 4 aliphatic carbocycles. The summed E-state index contributed by atoms with van der Waals surface area (Å²) < 4.78 is 20.5. The summed E-state index contributed by atoms with van der Waals surface area (Å²) in [6, 6.07) is 2.77. The van der Waals surface area contributed by atoms with Crippen LogP contribution < -0.4 is 5.32 Å². The number of unbranched alkanes of at least 4 members (excludes halogenated alkanes) is 3. The van der Waals surface area contributed by atoms with Crippen LogP contribution in [0.4, 0.5) is 4.79 Å². The van der Waals surface area contributed by atoms with Crippen LogP contribution in [0.25, 0.3) is 0 Å². The molecule has 4 rings (SSSR count). The fourth-order valence-electron chi connectivity index (χ4n) is 11.2. The Labute approximate surface area is 314 Å². The van der Waals surface area contributed by atoms with E-state index in [1.165, 1.54) is 51.4 Å². The first-order chi connectivity index (χ1) is 24.3. The van der Waals surface area contributed by atoms with Gasteiger partial charge >= 0.3 is 6.09 Å². The first-order valence-corrected chi connectivity index (χ1v) is 22.3. The van der Waals surface area contributed by atoms with Gasteiger partial charge in [0.15, 0.2) is 0 Å². The van der Waals surface area contributed by atoms with Gasteiger partial charge in [-0.15, -0.1) is 0 Å². The fourth-order valence-corrected chi connectivity index (χ4v) is 12.8. The summed E-state index contributed by atoms with van der Waals surface area (Å²) in [4.78, 5) is 12.8. The van der Waals surface area contributed by atoms with E-state index in [-0.39, 0.29) is 17.6 Å². The van der Waals surface area contributed by atoms with Gasteiger partial charge in [0.2, 0.25) is 0 Å². The molecule has 1 amide bonds. The summed E-state index contributed by atoms with van der Waals surface area (Å²) in [5, 5.41) is 11.9. The van der Waals surface area contributed by atoms with E-state index < -0.39 is 8.53 Å². The van der Waals surface area contributed by atoms with Gasteiger partial charge in [-0.05, 0) is 132 Å². The molecule has 9 atom stereocenters. The second kappa shape index (κ2) is 19.9. The van der Waals surface area contributed by atoms with Crippen molar-refractivity contribution in [1.29, 1.82) is 5.26 Å². The summed E-state index contributed by atoms with van der Waals surface area (Å²) in [6.45, 7) is 22.9. The lowest BCUT2D eigenvalue weighted by atomic mass is 9.47. The zero-order chi connectivity index (χ0) is 37.2. The Bertz CT molecular complexity index is 1150. The number of allylic oxidation sites excluding steroid dienone is 1. The maximum Gasteiger partial charge on any atom is 0.407 e. The van der Waals surface area contributed by atoms with E-state index in [1.54, 1.807) is 5.57 Å². The van der Waals surface area contributed by atoms with Crippen LogP contribution in [-0.4, -0.2) is 48.7 Å². The Morgan fingerprint density at radius 2 is 1.65 bits per heavy atom. The molecule has 0 bridgehead atoms. The number of fused-ring (bicyclic) bond motifs is 5. The minimum Gasteiger partial charge on any atom is -0.446 e. The number of ether oxygens (including phenoxy) is 1. The minimum atomic E-state index is -1.18. The number of nitriles is 1. The molecule has 8 heteroatoms. The van der Waals surface area contributed by atoms with Gasteiger partial charge in [-0.25, -0.2) is 9.46 Å². The minimum absolute atomic E-state index is 0.00376. The van der Waals surface area contributed by atoms with Crippen LogP contribution in [0, 0.1) is 57.7 Å². The number of nitrogens with one attached hydrogen (secondary N) is 1. The number of nitrogens with zero attached hydrogens (tertiary/aromatic N) is 2. The third kappa shape index (κ3) is 11.0. The van der Waals surface area contributed by atoms with Crippen molar-refractivity contribution in [1.82, 2.24) is 9.99 Å². The number of hydrogen-bond acceptors (Lipinski definition) is 6. The van der Waals surface area contributed by atoms with E-state index in [0.29, 0.717) is 43.7 Å². The van der Waals surface area contributed by atoms with Crippen molar-refractivity contribution in [3.8, 4) is 6.07 Å². The van der Waals surface area contributed by atoms with Crippen molar-refractivity contribution in [2.24, 2.45) is 46.3 Å². The standard InChI is InChI=1S/C43H76N3O4P/c1-31(2)16-14-17-34(7)38-20-21-39-37-19-18-35-30-36(22-24-42(35,8)40(37)23-25-43(38,39)9)50-41(47)45-27-12-10-11-13-28-48-51(49-29-15-26-44)46(32(3)4)33(5)6/h18,31-34,36-40H,10-17,19-25,27-30H2,1-9H3,(H,45,47)/t34?,36?,37?,38-,39?,40?,42?,43?,51?/m1/s1. The summed E-state index contributed by atoms with van der Waals surface area (Å²) in [7, 11) is -1.18. The highest BCUT2D eigenvalue weighted by atomic mass is 31.2. The normalized spacial score (nSPS) is 31.5. The Kier molecular flexibility index (Phi) is 16.6. The molecule has 8 unspecified atom stereocenters. The molecule has 0 aromatic rings. The lowest BCUT2D eigenvalue weighted by molar-refractivity contribution is -0.0581. The van der Waals surface area contributed by atoms with Crippen molar-refractivity contribution >= 4 is 14.6 Å². The first-order valence-electron chi connectivity index (χ1n) is 21.2. The van der Waals surface area contributed by atoms with Gasteiger partial charge in [0.1, 0.15) is 6.10 Å². The van der Waals surface area contributed by atoms with Gasteiger partial charge in [0.25, 0.3) is 8.53 Å². The van der Waals surface area contributed by atoms with Crippen molar-refractivity contribution < 1.29 is 18.6 Å². The summed E-state index contributed by atoms with van der Waals surface area (Å²) in [5.74, 6) is 5.07. The summed E-state index contributed by atoms with van der Waals surface area (Å²) in [6.07, 6.45) is 20.8. The summed E-state index contributed by atoms with van der Waals surface area (Å²) in [5.41, 5.74) is 2.38. The Balaban J connectivity index is 1.16. The SMILES string of the molecule is CC(C)CCCC(C)[C@H]1CCC2C3CC=C4CC(OC(=O)NCCCCCCOP(OCCC#N)N(C(C)C)C(C)C)CCC4(C)C3CCC21C. The van der Waals surface area contributed by atoms with Gasteiger partial charge in [-0.2, -0.15) is 5.26 Å². The molecule has 0 spiro atoms. The van der Waals surface area contributed by atoms with Crippen LogP contribution >= 0.6 is 8.53 Å². The fraction of sp³-hybridized carbons (Fsp3) is 0.907. The van der Waals surface area contributed by atoms with E-state index >= 15 is 0 Å². The van der Waals surface area contributed by atoms with Gasteiger partial charge in [-0.3, -0.25) is 0 Å². The van der Waals surface area contributed by atoms with Crippen LogP contribution in [0.2, 0.25) is 0 Å². The monoisotopic (exact) mass is 730 g/mol. The zero-order valence-electron chi connectivity index (χ0n) is 34.2. The molecule has 0 heterocycles. The van der Waals surface area contributed by atoms with Crippen molar-refractivity contribution in [3.63, 3.8) is 0 Å². The lowest BCUT2D eigenvalue weighted by Gasteiger charge is -2.58. The van der Waals surface area contributed by atoms with E-state index in [0.717, 1.165) is 80.5 Å². The van der Waals surface area contributed by atoms with E-state index in [4.69, 9.17) is 19.0 Å². The number of rotatable bonds is 20. The van der Waals surface area contributed by atoms with Crippen LogP contribution in [0.5, 0.6) is 0 Å². The molecule has 7 nitrogen and oxygen atoms in total. The maximum atomic E-state index is 12.8. The Hall–Kier alpha value is -1.19. The van der Waals surface area contributed by atoms with E-state index in [1.807, 2.05) is 0 Å². The highest BCUT2D eigenvalue weighted by molar-refractivity contribution is 7.44. The molecule has 0 aromatic heterocycles. The second-order valence-corrected chi connectivity index (χ2v) is 19.7. The van der Waals surface area contributed by atoms with Crippen LogP contribution in [0.3, 0.4) is 0 Å². The molecular formula is C43H76N3O4P. The molecule has 292 valence electrons. The van der Waals surface area contributed by atoms with Crippen LogP contribution in [0.1, 0.15) is 165 Å². The first kappa shape index (κ1) is 42.6. The highest BCUT2D eigenvalue weighted by Crippen LogP contribution is 2.67. The number of carbonyl (C=O) groups excluding carboxylic acids is 1. The largest absolute Gasteiger partial charge is 0.446 e. The maximum absolute atomic E-state index is 12.8. The number of amides is 1. The van der Waals surface area contributed by atoms with Crippen LogP contribution in [0.15, 0.2) is 11.6 Å². The molecule has 1 N–H and O–H groups in total. The van der Waals surface area contributed by atoms with Crippen LogP contribution in [-0.2, 0) is 13.8 Å². The molecule has 0 aromatic carbocycles. The summed E-state index contributed by atoms with van der Waals surface area (Å²) >= 11 is 0. The topological polar surface area (TPSA) is 83.8 Å². The Morgan fingerprint density at radius 1 is 0.922 bits per heavy atom. The van der Waals surface area contributed by atoms with Crippen molar-refractivity contribution in [3.05, 3.63) is 11.6 Å². The van der Waals surface area contributed by atoms with Gasteiger partial charge < -0.3 is 19.1 Å².